The van der Waals surface area contributed by atoms with Crippen LogP contribution in [-0.2, 0) is 6.42 Å². The van der Waals surface area contributed by atoms with E-state index in [0.29, 0.717) is 12.0 Å². The molecule has 90 valence electrons. The van der Waals surface area contributed by atoms with Crippen LogP contribution in [0.5, 0.6) is 0 Å². The molecule has 2 rings (SSSR count). The summed E-state index contributed by atoms with van der Waals surface area (Å²) in [6, 6.07) is 0.537. The third kappa shape index (κ3) is 2.74. The van der Waals surface area contributed by atoms with Gasteiger partial charge in [-0.2, -0.15) is 0 Å². The van der Waals surface area contributed by atoms with Crippen molar-refractivity contribution in [1.82, 2.24) is 4.98 Å². The second-order valence-electron chi connectivity index (χ2n) is 4.53. The van der Waals surface area contributed by atoms with E-state index >= 15 is 0 Å². The Morgan fingerprint density at radius 1 is 1.50 bits per heavy atom. The summed E-state index contributed by atoms with van der Waals surface area (Å²) < 4.78 is 0. The van der Waals surface area contributed by atoms with Crippen molar-refractivity contribution in [2.45, 2.75) is 45.1 Å². The molecule has 0 saturated heterocycles. The Hall–Kier alpha value is -0.610. The van der Waals surface area contributed by atoms with Crippen molar-refractivity contribution in [2.24, 2.45) is 11.7 Å². The lowest BCUT2D eigenvalue weighted by atomic mass is 9.85. The predicted molar refractivity (Wildman–Crippen MR) is 69.9 cm³/mol. The summed E-state index contributed by atoms with van der Waals surface area (Å²) in [6.07, 6.45) is 6.17. The Kier molecular flexibility index (Phi) is 4.18. The molecule has 0 radical (unpaired) electrons. The van der Waals surface area contributed by atoms with Crippen molar-refractivity contribution in [3.63, 3.8) is 0 Å². The van der Waals surface area contributed by atoms with Gasteiger partial charge in [0.2, 0.25) is 0 Å². The number of aromatic nitrogens is 1. The van der Waals surface area contributed by atoms with Crippen molar-refractivity contribution < 1.29 is 0 Å². The first-order chi connectivity index (χ1) is 7.83. The van der Waals surface area contributed by atoms with Crippen molar-refractivity contribution >= 4 is 16.5 Å². The van der Waals surface area contributed by atoms with E-state index in [1.807, 2.05) is 0 Å². The van der Waals surface area contributed by atoms with Gasteiger partial charge in [0.1, 0.15) is 0 Å². The monoisotopic (exact) mass is 239 g/mol. The minimum Gasteiger partial charge on any atom is -0.358 e. The maximum atomic E-state index is 5.82. The van der Waals surface area contributed by atoms with Gasteiger partial charge in [-0.25, -0.2) is 4.98 Å². The van der Waals surface area contributed by atoms with Crippen LogP contribution in [0.2, 0.25) is 0 Å². The second kappa shape index (κ2) is 5.64. The van der Waals surface area contributed by atoms with Crippen LogP contribution in [0.1, 0.15) is 38.3 Å². The summed E-state index contributed by atoms with van der Waals surface area (Å²) in [5.41, 5.74) is 7.01. The largest absolute Gasteiger partial charge is 0.358 e. The van der Waals surface area contributed by atoms with Crippen molar-refractivity contribution in [2.75, 3.05) is 11.9 Å². The lowest BCUT2D eigenvalue weighted by molar-refractivity contribution is 0.332. The lowest BCUT2D eigenvalue weighted by Gasteiger charge is -2.31. The quantitative estimate of drug-likeness (QED) is 0.849. The molecule has 1 aromatic rings. The third-order valence-electron chi connectivity index (χ3n) is 3.43. The van der Waals surface area contributed by atoms with Gasteiger partial charge in [0.05, 0.1) is 5.69 Å². The molecule has 0 aliphatic heterocycles. The SMILES string of the molecule is CCc1csc(NC2CCCCC2CN)n1. The van der Waals surface area contributed by atoms with Crippen LogP contribution in [0.25, 0.3) is 0 Å². The number of nitrogens with one attached hydrogen (secondary N) is 1. The molecular formula is C12H21N3S. The Bertz CT molecular complexity index is 324. The molecule has 2 atom stereocenters. The van der Waals surface area contributed by atoms with Crippen LogP contribution in [0.15, 0.2) is 5.38 Å². The number of rotatable bonds is 4. The Morgan fingerprint density at radius 2 is 2.31 bits per heavy atom. The number of nitrogens with zero attached hydrogens (tertiary/aromatic N) is 1. The van der Waals surface area contributed by atoms with Crippen molar-refractivity contribution in [3.8, 4) is 0 Å². The van der Waals surface area contributed by atoms with E-state index in [1.54, 1.807) is 11.3 Å². The zero-order valence-electron chi connectivity index (χ0n) is 9.91. The first kappa shape index (κ1) is 11.9. The molecule has 1 aromatic heterocycles. The maximum absolute atomic E-state index is 5.82. The molecule has 0 aromatic carbocycles. The number of hydrogen-bond donors (Lipinski definition) is 2. The van der Waals surface area contributed by atoms with Crippen LogP contribution >= 0.6 is 11.3 Å². The molecule has 16 heavy (non-hydrogen) atoms. The second-order valence-corrected chi connectivity index (χ2v) is 5.39. The fraction of sp³-hybridized carbons (Fsp3) is 0.750. The van der Waals surface area contributed by atoms with Gasteiger partial charge in [-0.15, -0.1) is 11.3 Å². The summed E-state index contributed by atoms with van der Waals surface area (Å²) in [7, 11) is 0. The topological polar surface area (TPSA) is 50.9 Å². The summed E-state index contributed by atoms with van der Waals surface area (Å²) in [5.74, 6) is 0.628. The molecule has 1 fully saturated rings. The van der Waals surface area contributed by atoms with E-state index in [1.165, 1.54) is 31.4 Å². The lowest BCUT2D eigenvalue weighted by Crippen LogP contribution is -2.36. The average molecular weight is 239 g/mol. The molecule has 4 heteroatoms. The number of nitrogens with two attached hydrogens (primary N) is 1. The van der Waals surface area contributed by atoms with E-state index in [0.717, 1.165) is 18.1 Å². The molecule has 2 unspecified atom stereocenters. The number of thiazole rings is 1. The number of aryl methyl sites for hydroxylation is 1. The molecule has 1 saturated carbocycles. The van der Waals surface area contributed by atoms with Crippen LogP contribution in [0, 0.1) is 5.92 Å². The highest BCUT2D eigenvalue weighted by atomic mass is 32.1. The van der Waals surface area contributed by atoms with Gasteiger partial charge in [0, 0.05) is 11.4 Å². The van der Waals surface area contributed by atoms with E-state index in [9.17, 15) is 0 Å². The summed E-state index contributed by atoms with van der Waals surface area (Å²) in [6.45, 7) is 2.94. The van der Waals surface area contributed by atoms with Gasteiger partial charge in [-0.1, -0.05) is 19.8 Å². The molecule has 1 aliphatic carbocycles. The summed E-state index contributed by atoms with van der Waals surface area (Å²) >= 11 is 1.72. The van der Waals surface area contributed by atoms with E-state index < -0.39 is 0 Å². The van der Waals surface area contributed by atoms with Gasteiger partial charge < -0.3 is 11.1 Å². The van der Waals surface area contributed by atoms with Crippen molar-refractivity contribution in [3.05, 3.63) is 11.1 Å². The van der Waals surface area contributed by atoms with Gasteiger partial charge in [0.25, 0.3) is 0 Å². The maximum Gasteiger partial charge on any atom is 0.183 e. The van der Waals surface area contributed by atoms with Crippen LogP contribution < -0.4 is 11.1 Å². The number of hydrogen-bond acceptors (Lipinski definition) is 4. The highest BCUT2D eigenvalue weighted by Crippen LogP contribution is 2.27. The van der Waals surface area contributed by atoms with Gasteiger partial charge >= 0.3 is 0 Å². The third-order valence-corrected chi connectivity index (χ3v) is 4.26. The van der Waals surface area contributed by atoms with Gasteiger partial charge in [-0.05, 0) is 31.7 Å². The molecule has 3 N–H and O–H groups in total. The first-order valence-electron chi connectivity index (χ1n) is 6.24. The minimum absolute atomic E-state index is 0.537. The zero-order chi connectivity index (χ0) is 11.4. The molecule has 1 heterocycles. The molecular weight excluding hydrogens is 218 g/mol. The summed E-state index contributed by atoms with van der Waals surface area (Å²) in [4.78, 5) is 4.56. The van der Waals surface area contributed by atoms with Crippen molar-refractivity contribution in [1.29, 1.82) is 0 Å². The molecule has 0 spiro atoms. The summed E-state index contributed by atoms with van der Waals surface area (Å²) in [5, 5.41) is 6.78. The van der Waals surface area contributed by atoms with Crippen LogP contribution in [-0.4, -0.2) is 17.6 Å². The Labute approximate surface area is 101 Å². The highest BCUT2D eigenvalue weighted by molar-refractivity contribution is 7.13. The van der Waals surface area contributed by atoms with E-state index in [4.69, 9.17) is 5.73 Å². The first-order valence-corrected chi connectivity index (χ1v) is 7.12. The standard InChI is InChI=1S/C12H21N3S/c1-2-10-8-16-12(14-10)15-11-6-4-3-5-9(11)7-13/h8-9,11H,2-7,13H2,1H3,(H,14,15). The fourth-order valence-corrected chi connectivity index (χ4v) is 3.23. The molecule has 1 aliphatic rings. The van der Waals surface area contributed by atoms with Gasteiger partial charge in [-0.3, -0.25) is 0 Å². The highest BCUT2D eigenvalue weighted by Gasteiger charge is 2.24. The predicted octanol–water partition coefficient (Wildman–Crippen LogP) is 2.63. The number of anilines is 1. The molecule has 0 amide bonds. The Balaban J connectivity index is 1.96. The van der Waals surface area contributed by atoms with E-state index in [-0.39, 0.29) is 0 Å². The van der Waals surface area contributed by atoms with E-state index in [2.05, 4.69) is 22.6 Å². The fourth-order valence-electron chi connectivity index (χ4n) is 2.37. The smallest absolute Gasteiger partial charge is 0.183 e. The van der Waals surface area contributed by atoms with Gasteiger partial charge in [0.15, 0.2) is 5.13 Å². The zero-order valence-corrected chi connectivity index (χ0v) is 10.7. The van der Waals surface area contributed by atoms with Crippen LogP contribution in [0.3, 0.4) is 0 Å². The normalized spacial score (nSPS) is 25.6. The molecule has 3 nitrogen and oxygen atoms in total. The van der Waals surface area contributed by atoms with Crippen LogP contribution in [0.4, 0.5) is 5.13 Å². The Morgan fingerprint density at radius 3 is 3.00 bits per heavy atom. The molecule has 0 bridgehead atoms. The minimum atomic E-state index is 0.537. The average Bonchev–Trinajstić information content (AvgIpc) is 2.77.